The predicted molar refractivity (Wildman–Crippen MR) is 65.5 cm³/mol. The van der Waals surface area contributed by atoms with Crippen LogP contribution in [0.15, 0.2) is 18.2 Å². The van der Waals surface area contributed by atoms with Crippen molar-refractivity contribution in [3.8, 4) is 5.75 Å². The zero-order valence-corrected chi connectivity index (χ0v) is 10.6. The third-order valence-electron chi connectivity index (χ3n) is 2.76. The first-order valence-electron chi connectivity index (χ1n) is 5.75. The summed E-state index contributed by atoms with van der Waals surface area (Å²) in [7, 11) is 1.65. The smallest absolute Gasteiger partial charge is 0.165 e. The molecular formula is C13H20FNO2. The number of hydrogen-bond donors (Lipinski definition) is 1. The molecule has 0 aliphatic carbocycles. The van der Waals surface area contributed by atoms with Gasteiger partial charge >= 0.3 is 0 Å². The molecule has 0 fully saturated rings. The summed E-state index contributed by atoms with van der Waals surface area (Å²) in [4.78, 5) is 2.12. The van der Waals surface area contributed by atoms with Crippen LogP contribution < -0.4 is 0 Å². The van der Waals surface area contributed by atoms with Gasteiger partial charge in [-0.25, -0.2) is 4.39 Å². The minimum Gasteiger partial charge on any atom is -0.505 e. The molecule has 1 aromatic carbocycles. The Labute approximate surface area is 102 Å². The highest BCUT2D eigenvalue weighted by Gasteiger charge is 2.13. The van der Waals surface area contributed by atoms with Crippen LogP contribution in [0.3, 0.4) is 0 Å². The van der Waals surface area contributed by atoms with Gasteiger partial charge in [-0.15, -0.1) is 0 Å². The SMILES string of the molecule is COCCN(Cc1cccc(F)c1O)C(C)C. The number of aromatic hydroxyl groups is 1. The van der Waals surface area contributed by atoms with Crippen molar-refractivity contribution in [1.29, 1.82) is 0 Å². The van der Waals surface area contributed by atoms with Gasteiger partial charge in [0.25, 0.3) is 0 Å². The average Bonchev–Trinajstić information content (AvgIpc) is 2.29. The molecule has 0 atom stereocenters. The van der Waals surface area contributed by atoms with Crippen molar-refractivity contribution in [2.24, 2.45) is 0 Å². The van der Waals surface area contributed by atoms with E-state index < -0.39 is 5.82 Å². The summed E-state index contributed by atoms with van der Waals surface area (Å²) < 4.78 is 18.2. The Morgan fingerprint density at radius 3 is 2.71 bits per heavy atom. The van der Waals surface area contributed by atoms with E-state index in [9.17, 15) is 9.50 Å². The number of nitrogens with zero attached hydrogens (tertiary/aromatic N) is 1. The van der Waals surface area contributed by atoms with Gasteiger partial charge in [0.1, 0.15) is 0 Å². The maximum Gasteiger partial charge on any atom is 0.165 e. The summed E-state index contributed by atoms with van der Waals surface area (Å²) in [6.07, 6.45) is 0. The van der Waals surface area contributed by atoms with Crippen molar-refractivity contribution in [2.45, 2.75) is 26.4 Å². The lowest BCUT2D eigenvalue weighted by molar-refractivity contribution is 0.124. The number of phenolic OH excluding ortho intramolecular Hbond substituents is 1. The highest BCUT2D eigenvalue weighted by atomic mass is 19.1. The highest BCUT2D eigenvalue weighted by Crippen LogP contribution is 2.22. The van der Waals surface area contributed by atoms with Crippen LogP contribution >= 0.6 is 0 Å². The van der Waals surface area contributed by atoms with Crippen molar-refractivity contribution in [2.75, 3.05) is 20.3 Å². The van der Waals surface area contributed by atoms with E-state index in [1.807, 2.05) is 0 Å². The lowest BCUT2D eigenvalue weighted by Gasteiger charge is -2.26. The molecule has 0 radical (unpaired) electrons. The standard InChI is InChI=1S/C13H20FNO2/c1-10(2)15(7-8-17-3)9-11-5-4-6-12(14)13(11)16/h4-6,10,16H,7-9H2,1-3H3. The lowest BCUT2D eigenvalue weighted by Crippen LogP contribution is -2.33. The molecule has 0 aliphatic rings. The average molecular weight is 241 g/mol. The fourth-order valence-electron chi connectivity index (χ4n) is 1.63. The van der Waals surface area contributed by atoms with Crippen LogP contribution in [-0.4, -0.2) is 36.3 Å². The fourth-order valence-corrected chi connectivity index (χ4v) is 1.63. The first-order chi connectivity index (χ1) is 8.06. The van der Waals surface area contributed by atoms with E-state index in [4.69, 9.17) is 4.74 Å². The molecule has 0 unspecified atom stereocenters. The normalized spacial score (nSPS) is 11.4. The number of para-hydroxylation sites is 1. The van der Waals surface area contributed by atoms with Gasteiger partial charge in [0.05, 0.1) is 6.61 Å². The molecule has 0 aliphatic heterocycles. The number of ether oxygens (including phenoxy) is 1. The summed E-state index contributed by atoms with van der Waals surface area (Å²) in [5, 5.41) is 9.62. The molecule has 0 aromatic heterocycles. The van der Waals surface area contributed by atoms with Crippen molar-refractivity contribution >= 4 is 0 Å². The van der Waals surface area contributed by atoms with Crippen molar-refractivity contribution in [1.82, 2.24) is 4.90 Å². The molecule has 0 saturated heterocycles. The molecule has 0 heterocycles. The molecule has 96 valence electrons. The van der Waals surface area contributed by atoms with Gasteiger partial charge in [0, 0.05) is 31.8 Å². The van der Waals surface area contributed by atoms with Crippen LogP contribution in [0.2, 0.25) is 0 Å². The molecule has 1 rings (SSSR count). The summed E-state index contributed by atoms with van der Waals surface area (Å²) in [6, 6.07) is 4.92. The van der Waals surface area contributed by atoms with Gasteiger partial charge in [-0.2, -0.15) is 0 Å². The van der Waals surface area contributed by atoms with Crippen molar-refractivity contribution < 1.29 is 14.2 Å². The quantitative estimate of drug-likeness (QED) is 0.830. The maximum atomic E-state index is 13.2. The summed E-state index contributed by atoms with van der Waals surface area (Å²) in [5.74, 6) is -0.825. The predicted octanol–water partition coefficient (Wildman–Crippen LogP) is 2.39. The molecule has 0 amide bonds. The van der Waals surface area contributed by atoms with Gasteiger partial charge in [-0.3, -0.25) is 4.90 Å². The number of methoxy groups -OCH3 is 1. The number of rotatable bonds is 6. The first-order valence-corrected chi connectivity index (χ1v) is 5.75. The van der Waals surface area contributed by atoms with E-state index in [0.29, 0.717) is 24.8 Å². The largest absolute Gasteiger partial charge is 0.505 e. The molecule has 1 aromatic rings. The number of halogens is 1. The third kappa shape index (κ3) is 3.98. The van der Waals surface area contributed by atoms with Crippen LogP contribution in [0.4, 0.5) is 4.39 Å². The summed E-state index contributed by atoms with van der Waals surface area (Å²) >= 11 is 0. The minimum atomic E-state index is -0.571. The Kier molecular flexibility index (Phi) is 5.38. The third-order valence-corrected chi connectivity index (χ3v) is 2.76. The fraction of sp³-hybridized carbons (Fsp3) is 0.538. The van der Waals surface area contributed by atoms with Gasteiger partial charge in [0.15, 0.2) is 11.6 Å². The Hall–Kier alpha value is -1.13. The zero-order chi connectivity index (χ0) is 12.8. The first kappa shape index (κ1) is 13.9. The van der Waals surface area contributed by atoms with Crippen LogP contribution in [0, 0.1) is 5.82 Å². The lowest BCUT2D eigenvalue weighted by atomic mass is 10.1. The van der Waals surface area contributed by atoms with E-state index in [2.05, 4.69) is 18.7 Å². The minimum absolute atomic E-state index is 0.254. The van der Waals surface area contributed by atoms with Gasteiger partial charge in [-0.05, 0) is 19.9 Å². The zero-order valence-electron chi connectivity index (χ0n) is 10.6. The molecule has 0 spiro atoms. The van der Waals surface area contributed by atoms with E-state index in [0.717, 1.165) is 6.54 Å². The van der Waals surface area contributed by atoms with Gasteiger partial charge in [0.2, 0.25) is 0 Å². The molecule has 4 heteroatoms. The molecule has 0 saturated carbocycles. The molecule has 0 bridgehead atoms. The van der Waals surface area contributed by atoms with Crippen LogP contribution in [0.1, 0.15) is 19.4 Å². The monoisotopic (exact) mass is 241 g/mol. The van der Waals surface area contributed by atoms with Crippen LogP contribution in [0.25, 0.3) is 0 Å². The second-order valence-electron chi connectivity index (χ2n) is 4.30. The summed E-state index contributed by atoms with van der Waals surface area (Å²) in [5.41, 5.74) is 0.606. The highest BCUT2D eigenvalue weighted by molar-refractivity contribution is 5.33. The maximum absolute atomic E-state index is 13.2. The molecule has 3 nitrogen and oxygen atoms in total. The van der Waals surface area contributed by atoms with Gasteiger partial charge in [-0.1, -0.05) is 12.1 Å². The van der Waals surface area contributed by atoms with E-state index in [-0.39, 0.29) is 5.75 Å². The van der Waals surface area contributed by atoms with Crippen molar-refractivity contribution in [3.05, 3.63) is 29.6 Å². The topological polar surface area (TPSA) is 32.7 Å². The second kappa shape index (κ2) is 6.57. The Morgan fingerprint density at radius 2 is 2.12 bits per heavy atom. The van der Waals surface area contributed by atoms with Crippen molar-refractivity contribution in [3.63, 3.8) is 0 Å². The Balaban J connectivity index is 2.75. The second-order valence-corrected chi connectivity index (χ2v) is 4.30. The van der Waals surface area contributed by atoms with Crippen LogP contribution in [-0.2, 0) is 11.3 Å². The Morgan fingerprint density at radius 1 is 1.41 bits per heavy atom. The number of benzene rings is 1. The van der Waals surface area contributed by atoms with E-state index >= 15 is 0 Å². The summed E-state index contributed by atoms with van der Waals surface area (Å²) in [6.45, 7) is 6.01. The van der Waals surface area contributed by atoms with Gasteiger partial charge < -0.3 is 9.84 Å². The Bertz CT molecular complexity index is 355. The number of phenols is 1. The number of hydrogen-bond acceptors (Lipinski definition) is 3. The molecular weight excluding hydrogens is 221 g/mol. The van der Waals surface area contributed by atoms with E-state index in [1.54, 1.807) is 19.2 Å². The van der Waals surface area contributed by atoms with Crippen LogP contribution in [0.5, 0.6) is 5.75 Å². The molecule has 1 N–H and O–H groups in total. The molecule has 17 heavy (non-hydrogen) atoms. The van der Waals surface area contributed by atoms with E-state index in [1.165, 1.54) is 6.07 Å².